The third-order valence-corrected chi connectivity index (χ3v) is 3.99. The normalized spacial score (nSPS) is 18.3. The van der Waals surface area contributed by atoms with Crippen LogP contribution < -0.4 is 0 Å². The summed E-state index contributed by atoms with van der Waals surface area (Å²) in [4.78, 5) is 11.5. The van der Waals surface area contributed by atoms with E-state index >= 15 is 0 Å². The summed E-state index contributed by atoms with van der Waals surface area (Å²) in [5, 5.41) is 9.46. The van der Waals surface area contributed by atoms with E-state index in [1.807, 2.05) is 0 Å². The molecule has 0 saturated heterocycles. The fourth-order valence-electron chi connectivity index (χ4n) is 2.47. The molecule has 2 rings (SSSR count). The molecule has 0 aliphatic heterocycles. The van der Waals surface area contributed by atoms with Gasteiger partial charge in [0.15, 0.2) is 0 Å². The van der Waals surface area contributed by atoms with Crippen molar-refractivity contribution in [3.63, 3.8) is 0 Å². The van der Waals surface area contributed by atoms with E-state index in [9.17, 15) is 14.3 Å². The van der Waals surface area contributed by atoms with E-state index in [1.165, 1.54) is 6.07 Å². The number of halogens is 3. The summed E-state index contributed by atoms with van der Waals surface area (Å²) in [7, 11) is 0. The summed E-state index contributed by atoms with van der Waals surface area (Å²) in [6.45, 7) is 0. The average Bonchev–Trinajstić information content (AvgIpc) is 2.73. The van der Waals surface area contributed by atoms with Gasteiger partial charge in [-0.05, 0) is 30.5 Å². The molecule has 1 fully saturated rings. The van der Waals surface area contributed by atoms with Gasteiger partial charge < -0.3 is 5.11 Å². The predicted octanol–water partition coefficient (Wildman–Crippen LogP) is 4.03. The average molecular weight is 277 g/mol. The number of carboxylic acid groups (broad SMARTS) is 1. The molecule has 0 amide bonds. The van der Waals surface area contributed by atoms with Crippen molar-refractivity contribution < 1.29 is 14.3 Å². The number of hydrogen-bond acceptors (Lipinski definition) is 1. The van der Waals surface area contributed by atoms with Gasteiger partial charge in [-0.15, -0.1) is 0 Å². The third kappa shape index (κ3) is 2.02. The highest BCUT2D eigenvalue weighted by atomic mass is 35.5. The molecule has 1 saturated carbocycles. The molecule has 0 atom stereocenters. The highest BCUT2D eigenvalue weighted by Gasteiger charge is 2.44. The van der Waals surface area contributed by atoms with Crippen molar-refractivity contribution in [3.05, 3.63) is 33.6 Å². The number of aliphatic carboxylic acids is 1. The zero-order valence-corrected chi connectivity index (χ0v) is 10.5. The maximum Gasteiger partial charge on any atom is 0.314 e. The number of carboxylic acids is 1. The maximum absolute atomic E-state index is 13.2. The van der Waals surface area contributed by atoms with Crippen LogP contribution in [0.25, 0.3) is 0 Å². The van der Waals surface area contributed by atoms with E-state index in [4.69, 9.17) is 23.2 Å². The molecule has 0 spiro atoms. The highest BCUT2D eigenvalue weighted by Crippen LogP contribution is 2.45. The Labute approximate surface area is 108 Å². The van der Waals surface area contributed by atoms with E-state index in [2.05, 4.69) is 0 Å². The molecule has 1 aromatic rings. The van der Waals surface area contributed by atoms with Crippen LogP contribution in [0, 0.1) is 5.82 Å². The molecule has 1 aromatic carbocycles. The number of hydrogen-bond donors (Lipinski definition) is 1. The molecule has 2 nitrogen and oxygen atoms in total. The second-order valence-electron chi connectivity index (χ2n) is 4.34. The minimum Gasteiger partial charge on any atom is -0.481 e. The molecule has 5 heteroatoms. The third-order valence-electron chi connectivity index (χ3n) is 3.39. The number of benzene rings is 1. The lowest BCUT2D eigenvalue weighted by Crippen LogP contribution is -2.33. The van der Waals surface area contributed by atoms with E-state index in [-0.39, 0.29) is 10.0 Å². The van der Waals surface area contributed by atoms with Crippen molar-refractivity contribution >= 4 is 29.2 Å². The van der Waals surface area contributed by atoms with Gasteiger partial charge >= 0.3 is 5.97 Å². The molecular weight excluding hydrogens is 266 g/mol. The van der Waals surface area contributed by atoms with E-state index in [0.717, 1.165) is 18.9 Å². The molecule has 92 valence electrons. The Morgan fingerprint density at radius 1 is 1.24 bits per heavy atom. The fraction of sp³-hybridized carbons (Fsp3) is 0.417. The number of rotatable bonds is 2. The van der Waals surface area contributed by atoms with Crippen LogP contribution in [0.3, 0.4) is 0 Å². The van der Waals surface area contributed by atoms with Gasteiger partial charge in [-0.2, -0.15) is 0 Å². The monoisotopic (exact) mass is 276 g/mol. The molecule has 0 aromatic heterocycles. The molecule has 1 N–H and O–H groups in total. The summed E-state index contributed by atoms with van der Waals surface area (Å²) >= 11 is 11.7. The lowest BCUT2D eigenvalue weighted by atomic mass is 9.79. The van der Waals surface area contributed by atoms with Crippen LogP contribution in [-0.2, 0) is 10.2 Å². The molecule has 17 heavy (non-hydrogen) atoms. The Kier molecular flexibility index (Phi) is 3.32. The Morgan fingerprint density at radius 3 is 2.35 bits per heavy atom. The first-order chi connectivity index (χ1) is 7.97. The maximum atomic E-state index is 13.2. The predicted molar refractivity (Wildman–Crippen MR) is 64.2 cm³/mol. The molecule has 0 heterocycles. The van der Waals surface area contributed by atoms with Crippen LogP contribution in [0.5, 0.6) is 0 Å². The second-order valence-corrected chi connectivity index (χ2v) is 5.15. The zero-order valence-electron chi connectivity index (χ0n) is 8.97. The van der Waals surface area contributed by atoms with Gasteiger partial charge in [-0.3, -0.25) is 4.79 Å². The van der Waals surface area contributed by atoms with Crippen molar-refractivity contribution in [1.82, 2.24) is 0 Å². The Morgan fingerprint density at radius 2 is 1.82 bits per heavy atom. The van der Waals surface area contributed by atoms with Crippen LogP contribution in [0.2, 0.25) is 10.0 Å². The van der Waals surface area contributed by atoms with E-state index < -0.39 is 17.2 Å². The van der Waals surface area contributed by atoms with Gasteiger partial charge in [-0.25, -0.2) is 4.39 Å². The molecule has 1 aliphatic carbocycles. The summed E-state index contributed by atoms with van der Waals surface area (Å²) in [5.41, 5.74) is -0.579. The number of carbonyl (C=O) groups is 1. The van der Waals surface area contributed by atoms with Gasteiger partial charge in [0.25, 0.3) is 0 Å². The quantitative estimate of drug-likeness (QED) is 0.829. The van der Waals surface area contributed by atoms with Crippen LogP contribution in [0.4, 0.5) is 4.39 Å². The van der Waals surface area contributed by atoms with Crippen LogP contribution in [0.1, 0.15) is 31.2 Å². The van der Waals surface area contributed by atoms with Gasteiger partial charge in [0, 0.05) is 5.02 Å². The van der Waals surface area contributed by atoms with Crippen molar-refractivity contribution in [2.24, 2.45) is 0 Å². The fourth-order valence-corrected chi connectivity index (χ4v) is 2.96. The van der Waals surface area contributed by atoms with Crippen molar-refractivity contribution in [2.45, 2.75) is 31.1 Å². The Hall–Kier alpha value is -0.800. The molecule has 0 radical (unpaired) electrons. The highest BCUT2D eigenvalue weighted by molar-refractivity contribution is 6.34. The topological polar surface area (TPSA) is 37.3 Å². The van der Waals surface area contributed by atoms with Crippen LogP contribution in [0.15, 0.2) is 12.1 Å². The van der Waals surface area contributed by atoms with Gasteiger partial charge in [-0.1, -0.05) is 36.0 Å². The lowest BCUT2D eigenvalue weighted by molar-refractivity contribution is -0.143. The van der Waals surface area contributed by atoms with Gasteiger partial charge in [0.05, 0.1) is 10.4 Å². The molecular formula is C12H11Cl2FO2. The smallest absolute Gasteiger partial charge is 0.314 e. The van der Waals surface area contributed by atoms with E-state index in [0.29, 0.717) is 18.4 Å². The summed E-state index contributed by atoms with van der Waals surface area (Å²) in [5.74, 6) is -1.54. The van der Waals surface area contributed by atoms with Crippen molar-refractivity contribution in [1.29, 1.82) is 0 Å². The molecule has 0 bridgehead atoms. The van der Waals surface area contributed by atoms with Crippen LogP contribution >= 0.6 is 23.2 Å². The van der Waals surface area contributed by atoms with Crippen molar-refractivity contribution in [2.75, 3.05) is 0 Å². The first-order valence-corrected chi connectivity index (χ1v) is 6.11. The second kappa shape index (κ2) is 4.46. The van der Waals surface area contributed by atoms with Crippen molar-refractivity contribution in [3.8, 4) is 0 Å². The summed E-state index contributed by atoms with van der Waals surface area (Å²) in [6, 6.07) is 2.43. The summed E-state index contributed by atoms with van der Waals surface area (Å²) < 4.78 is 13.2. The Bertz CT molecular complexity index is 468. The van der Waals surface area contributed by atoms with Crippen LogP contribution in [-0.4, -0.2) is 11.1 Å². The van der Waals surface area contributed by atoms with Gasteiger partial charge in [0.2, 0.25) is 0 Å². The first-order valence-electron chi connectivity index (χ1n) is 5.36. The standard InChI is InChI=1S/C12H11Cl2FO2/c13-8-6-10(15)9(14)5-7(8)12(11(16)17)3-1-2-4-12/h5-6H,1-4H2,(H,16,17). The lowest BCUT2D eigenvalue weighted by Gasteiger charge is -2.25. The minimum atomic E-state index is -1.01. The molecule has 1 aliphatic rings. The van der Waals surface area contributed by atoms with Gasteiger partial charge in [0.1, 0.15) is 5.82 Å². The SMILES string of the molecule is O=C(O)C1(c2cc(Cl)c(F)cc2Cl)CCCC1. The summed E-state index contributed by atoms with van der Waals surface area (Å²) in [6.07, 6.45) is 2.70. The zero-order chi connectivity index (χ0) is 12.6. The Balaban J connectivity index is 2.58. The largest absolute Gasteiger partial charge is 0.481 e. The van der Waals surface area contributed by atoms with E-state index in [1.54, 1.807) is 0 Å². The minimum absolute atomic E-state index is 0.0862. The molecule has 0 unspecified atom stereocenters. The first kappa shape index (κ1) is 12.7.